The molecule has 3 aromatic rings. The van der Waals surface area contributed by atoms with Crippen molar-refractivity contribution in [3.05, 3.63) is 65.3 Å². The van der Waals surface area contributed by atoms with E-state index < -0.39 is 5.41 Å². The summed E-state index contributed by atoms with van der Waals surface area (Å²) in [6.45, 7) is 5.53. The number of pyridine rings is 1. The maximum Gasteiger partial charge on any atom is 0.255 e. The van der Waals surface area contributed by atoms with Gasteiger partial charge in [-0.25, -0.2) is 4.98 Å². The minimum absolute atomic E-state index is 0.0910. The van der Waals surface area contributed by atoms with E-state index in [1.54, 1.807) is 48.5 Å². The molecule has 0 atom stereocenters. The van der Waals surface area contributed by atoms with Crippen LogP contribution in [-0.2, 0) is 4.79 Å². The summed E-state index contributed by atoms with van der Waals surface area (Å²) >= 11 is 5.89. The fourth-order valence-corrected chi connectivity index (χ4v) is 2.59. The molecule has 0 bridgehead atoms. The first kappa shape index (κ1) is 18.9. The molecule has 0 radical (unpaired) electrons. The fourth-order valence-electron chi connectivity index (χ4n) is 2.44. The standard InChI is InChI=1S/C21H20ClN3O2/c1-21(2,3)20(27)24-16-6-4-5-15(12-16)23-19(26)14-7-9-17-13(11-14)8-10-18(22)25-17/h4-12H,1-3H3,(H,23,26)(H,24,27). The van der Waals surface area contributed by atoms with Crippen molar-refractivity contribution < 1.29 is 9.59 Å². The molecule has 2 N–H and O–H groups in total. The van der Waals surface area contributed by atoms with Crippen LogP contribution >= 0.6 is 11.6 Å². The van der Waals surface area contributed by atoms with Crippen LogP contribution in [-0.4, -0.2) is 16.8 Å². The Hall–Kier alpha value is -2.92. The van der Waals surface area contributed by atoms with Crippen LogP contribution in [0.5, 0.6) is 0 Å². The number of nitrogens with one attached hydrogen (secondary N) is 2. The third-order valence-corrected chi connectivity index (χ3v) is 4.19. The maximum absolute atomic E-state index is 12.6. The van der Waals surface area contributed by atoms with Crippen LogP contribution in [0.25, 0.3) is 10.9 Å². The Morgan fingerprint density at radius 1 is 0.926 bits per heavy atom. The van der Waals surface area contributed by atoms with E-state index in [0.29, 0.717) is 22.1 Å². The third-order valence-electron chi connectivity index (χ3n) is 3.98. The number of carbonyl (C=O) groups is 2. The second kappa shape index (κ2) is 7.37. The summed E-state index contributed by atoms with van der Waals surface area (Å²) in [5.41, 5.74) is 1.97. The highest BCUT2D eigenvalue weighted by atomic mass is 35.5. The van der Waals surface area contributed by atoms with Gasteiger partial charge < -0.3 is 10.6 Å². The number of fused-ring (bicyclic) bond motifs is 1. The highest BCUT2D eigenvalue weighted by molar-refractivity contribution is 6.29. The van der Waals surface area contributed by atoms with Gasteiger partial charge in [0.25, 0.3) is 5.91 Å². The van der Waals surface area contributed by atoms with E-state index in [4.69, 9.17) is 11.6 Å². The van der Waals surface area contributed by atoms with Crippen LogP contribution in [0, 0.1) is 5.41 Å². The zero-order valence-corrected chi connectivity index (χ0v) is 16.1. The van der Waals surface area contributed by atoms with E-state index >= 15 is 0 Å². The van der Waals surface area contributed by atoms with Crippen molar-refractivity contribution >= 4 is 45.7 Å². The number of halogens is 1. The SMILES string of the molecule is CC(C)(C)C(=O)Nc1cccc(NC(=O)c2ccc3nc(Cl)ccc3c2)c1. The Morgan fingerprint density at radius 2 is 1.63 bits per heavy atom. The van der Waals surface area contributed by atoms with Crippen molar-refractivity contribution in [2.24, 2.45) is 5.41 Å². The molecule has 0 saturated heterocycles. The van der Waals surface area contributed by atoms with Gasteiger partial charge in [-0.3, -0.25) is 9.59 Å². The molecule has 2 amide bonds. The number of anilines is 2. The van der Waals surface area contributed by atoms with E-state index in [1.807, 2.05) is 26.8 Å². The van der Waals surface area contributed by atoms with Gasteiger partial charge in [-0.05, 0) is 48.5 Å². The number of benzene rings is 2. The number of carbonyl (C=O) groups excluding carboxylic acids is 2. The number of amides is 2. The van der Waals surface area contributed by atoms with Crippen molar-refractivity contribution in [2.75, 3.05) is 10.6 Å². The zero-order chi connectivity index (χ0) is 19.6. The molecule has 2 aromatic carbocycles. The number of nitrogens with zero attached hydrogens (tertiary/aromatic N) is 1. The molecule has 1 heterocycles. The van der Waals surface area contributed by atoms with Gasteiger partial charge in [0.1, 0.15) is 5.15 Å². The Balaban J connectivity index is 1.77. The molecule has 1 aromatic heterocycles. The predicted octanol–water partition coefficient (Wildman–Crippen LogP) is 5.13. The Bertz CT molecular complexity index is 1030. The van der Waals surface area contributed by atoms with E-state index in [1.165, 1.54) is 0 Å². The van der Waals surface area contributed by atoms with Crippen molar-refractivity contribution in [2.45, 2.75) is 20.8 Å². The van der Waals surface area contributed by atoms with E-state index in [9.17, 15) is 9.59 Å². The molecule has 138 valence electrons. The van der Waals surface area contributed by atoms with Crippen LogP contribution in [0.4, 0.5) is 11.4 Å². The van der Waals surface area contributed by atoms with Crippen molar-refractivity contribution in [1.82, 2.24) is 4.98 Å². The highest BCUT2D eigenvalue weighted by Gasteiger charge is 2.21. The van der Waals surface area contributed by atoms with Gasteiger partial charge in [-0.1, -0.05) is 38.4 Å². The van der Waals surface area contributed by atoms with Gasteiger partial charge in [0.15, 0.2) is 0 Å². The first-order valence-corrected chi connectivity index (χ1v) is 8.89. The molecule has 6 heteroatoms. The van der Waals surface area contributed by atoms with Crippen molar-refractivity contribution in [1.29, 1.82) is 0 Å². The summed E-state index contributed by atoms with van der Waals surface area (Å²) in [5, 5.41) is 6.95. The second-order valence-corrected chi connectivity index (χ2v) is 7.67. The molecular formula is C21H20ClN3O2. The summed E-state index contributed by atoms with van der Waals surface area (Å²) in [7, 11) is 0. The molecule has 0 unspecified atom stereocenters. The van der Waals surface area contributed by atoms with E-state index in [0.717, 1.165) is 10.9 Å². The molecular weight excluding hydrogens is 362 g/mol. The lowest BCUT2D eigenvalue weighted by Gasteiger charge is -2.18. The van der Waals surface area contributed by atoms with Crippen molar-refractivity contribution in [3.8, 4) is 0 Å². The summed E-state index contributed by atoms with van der Waals surface area (Å²) in [6, 6.07) is 15.8. The lowest BCUT2D eigenvalue weighted by molar-refractivity contribution is -0.123. The molecule has 3 rings (SSSR count). The molecule has 0 fully saturated rings. The van der Waals surface area contributed by atoms with Crippen LogP contribution in [0.3, 0.4) is 0 Å². The topological polar surface area (TPSA) is 71.1 Å². The average molecular weight is 382 g/mol. The second-order valence-electron chi connectivity index (χ2n) is 7.28. The maximum atomic E-state index is 12.6. The van der Waals surface area contributed by atoms with Gasteiger partial charge >= 0.3 is 0 Å². The third kappa shape index (κ3) is 4.63. The minimum atomic E-state index is -0.499. The van der Waals surface area contributed by atoms with Gasteiger partial charge in [-0.15, -0.1) is 0 Å². The Labute approximate surface area is 162 Å². The largest absolute Gasteiger partial charge is 0.326 e. The summed E-state index contributed by atoms with van der Waals surface area (Å²) < 4.78 is 0. The Kier molecular flexibility index (Phi) is 5.15. The molecule has 0 aliphatic heterocycles. The van der Waals surface area contributed by atoms with E-state index in [-0.39, 0.29) is 11.8 Å². The fraction of sp³-hybridized carbons (Fsp3) is 0.190. The van der Waals surface area contributed by atoms with Crippen LogP contribution < -0.4 is 10.6 Å². The van der Waals surface area contributed by atoms with Gasteiger partial charge in [-0.2, -0.15) is 0 Å². The molecule has 0 saturated carbocycles. The first-order chi connectivity index (χ1) is 12.7. The monoisotopic (exact) mass is 381 g/mol. The number of hydrogen-bond donors (Lipinski definition) is 2. The van der Waals surface area contributed by atoms with Crippen molar-refractivity contribution in [3.63, 3.8) is 0 Å². The number of aromatic nitrogens is 1. The van der Waals surface area contributed by atoms with Crippen LogP contribution in [0.1, 0.15) is 31.1 Å². The molecule has 0 aliphatic carbocycles. The van der Waals surface area contributed by atoms with Crippen LogP contribution in [0.15, 0.2) is 54.6 Å². The number of hydrogen-bond acceptors (Lipinski definition) is 3. The molecule has 5 nitrogen and oxygen atoms in total. The van der Waals surface area contributed by atoms with Gasteiger partial charge in [0, 0.05) is 27.7 Å². The molecule has 0 spiro atoms. The molecule has 0 aliphatic rings. The van der Waals surface area contributed by atoms with Gasteiger partial charge in [0.05, 0.1) is 5.52 Å². The first-order valence-electron chi connectivity index (χ1n) is 8.51. The lowest BCUT2D eigenvalue weighted by atomic mass is 9.95. The highest BCUT2D eigenvalue weighted by Crippen LogP contribution is 2.21. The number of rotatable bonds is 3. The molecule has 27 heavy (non-hydrogen) atoms. The smallest absolute Gasteiger partial charge is 0.255 e. The normalized spacial score (nSPS) is 11.3. The average Bonchev–Trinajstić information content (AvgIpc) is 2.60. The zero-order valence-electron chi connectivity index (χ0n) is 15.3. The summed E-state index contributed by atoms with van der Waals surface area (Å²) in [5.74, 6) is -0.335. The van der Waals surface area contributed by atoms with Crippen LogP contribution in [0.2, 0.25) is 5.15 Å². The minimum Gasteiger partial charge on any atom is -0.326 e. The summed E-state index contributed by atoms with van der Waals surface area (Å²) in [6.07, 6.45) is 0. The van der Waals surface area contributed by atoms with E-state index in [2.05, 4.69) is 15.6 Å². The quantitative estimate of drug-likeness (QED) is 0.618. The summed E-state index contributed by atoms with van der Waals surface area (Å²) in [4.78, 5) is 28.9. The van der Waals surface area contributed by atoms with Gasteiger partial charge in [0.2, 0.25) is 5.91 Å². The predicted molar refractivity (Wildman–Crippen MR) is 109 cm³/mol. The Morgan fingerprint density at radius 3 is 2.33 bits per heavy atom. The lowest BCUT2D eigenvalue weighted by Crippen LogP contribution is -2.27.